The summed E-state index contributed by atoms with van der Waals surface area (Å²) in [7, 11) is -3.72. The summed E-state index contributed by atoms with van der Waals surface area (Å²) in [4.78, 5) is 12.9. The number of carbonyl (C=O) groups is 1. The quantitative estimate of drug-likeness (QED) is 0.532. The normalized spacial score (nSPS) is 18.9. The number of hydrogen-bond acceptors (Lipinski definition) is 6. The van der Waals surface area contributed by atoms with Gasteiger partial charge in [0.25, 0.3) is 0 Å². The maximum absolute atomic E-state index is 13.0. The van der Waals surface area contributed by atoms with E-state index < -0.39 is 21.8 Å². The second-order valence-electron chi connectivity index (χ2n) is 7.54. The van der Waals surface area contributed by atoms with Crippen LogP contribution in [0.2, 0.25) is 0 Å². The van der Waals surface area contributed by atoms with Crippen molar-refractivity contribution in [1.29, 1.82) is 0 Å². The van der Waals surface area contributed by atoms with Gasteiger partial charge >= 0.3 is 5.97 Å². The van der Waals surface area contributed by atoms with Crippen LogP contribution in [0.25, 0.3) is 0 Å². The Balaban J connectivity index is 1.99. The summed E-state index contributed by atoms with van der Waals surface area (Å²) in [6.45, 7) is 5.48. The molecule has 2 aromatic rings. The SMILES string of the molecule is CC[C@@H](C)C(N)C(=O)Oc1cc(S(=O)(=O)c2ccccc2)ccc1[C@@H]1CCNC1. The van der Waals surface area contributed by atoms with Gasteiger partial charge in [0.05, 0.1) is 9.79 Å². The number of esters is 1. The second kappa shape index (κ2) is 9.07. The van der Waals surface area contributed by atoms with E-state index in [1.54, 1.807) is 42.5 Å². The maximum Gasteiger partial charge on any atom is 0.328 e. The van der Waals surface area contributed by atoms with Gasteiger partial charge in [-0.25, -0.2) is 13.2 Å². The van der Waals surface area contributed by atoms with Crippen molar-refractivity contribution in [1.82, 2.24) is 5.32 Å². The van der Waals surface area contributed by atoms with Crippen molar-refractivity contribution >= 4 is 15.8 Å². The molecule has 0 amide bonds. The molecule has 1 saturated heterocycles. The molecule has 1 fully saturated rings. The van der Waals surface area contributed by atoms with Crippen molar-refractivity contribution < 1.29 is 17.9 Å². The van der Waals surface area contributed by atoms with E-state index in [0.29, 0.717) is 0 Å². The Kier molecular flexibility index (Phi) is 6.72. The first kappa shape index (κ1) is 21.5. The number of nitrogens with two attached hydrogens (primary N) is 1. The highest BCUT2D eigenvalue weighted by Gasteiger charge is 2.27. The average molecular weight is 417 g/mol. The molecule has 6 nitrogen and oxygen atoms in total. The van der Waals surface area contributed by atoms with Crippen LogP contribution in [-0.4, -0.2) is 33.5 Å². The van der Waals surface area contributed by atoms with E-state index >= 15 is 0 Å². The number of hydrogen-bond donors (Lipinski definition) is 2. The van der Waals surface area contributed by atoms with Crippen LogP contribution in [0.4, 0.5) is 0 Å². The highest BCUT2D eigenvalue weighted by Crippen LogP contribution is 2.34. The Morgan fingerprint density at radius 3 is 2.55 bits per heavy atom. The van der Waals surface area contributed by atoms with Gasteiger partial charge in [-0.3, -0.25) is 0 Å². The van der Waals surface area contributed by atoms with E-state index in [4.69, 9.17) is 10.5 Å². The molecule has 0 aliphatic carbocycles. The number of nitrogens with one attached hydrogen (secondary N) is 1. The van der Waals surface area contributed by atoms with Gasteiger partial charge < -0.3 is 15.8 Å². The van der Waals surface area contributed by atoms with Crippen LogP contribution in [0.15, 0.2) is 58.3 Å². The van der Waals surface area contributed by atoms with Crippen molar-refractivity contribution in [2.24, 2.45) is 11.7 Å². The molecule has 1 unspecified atom stereocenters. The van der Waals surface area contributed by atoms with Crippen molar-refractivity contribution in [3.63, 3.8) is 0 Å². The molecular formula is C22H28N2O4S. The van der Waals surface area contributed by atoms with Gasteiger partial charge in [0.1, 0.15) is 11.8 Å². The lowest BCUT2D eigenvalue weighted by atomic mass is 9.97. The Morgan fingerprint density at radius 1 is 1.21 bits per heavy atom. The Labute approximate surface area is 172 Å². The highest BCUT2D eigenvalue weighted by atomic mass is 32.2. The van der Waals surface area contributed by atoms with Gasteiger partial charge in [-0.15, -0.1) is 0 Å². The second-order valence-corrected chi connectivity index (χ2v) is 9.49. The monoisotopic (exact) mass is 416 g/mol. The van der Waals surface area contributed by atoms with Crippen LogP contribution in [-0.2, 0) is 14.6 Å². The molecule has 0 radical (unpaired) electrons. The standard InChI is InChI=1S/C22H28N2O4S/c1-3-15(2)21(23)22(25)28-20-13-18(9-10-19(20)16-11-12-24-14-16)29(26,27)17-7-5-4-6-8-17/h4-10,13,15-16,21,24H,3,11-12,14,23H2,1-2H3/t15-,16-,21?/m1/s1. The molecule has 3 atom stereocenters. The third-order valence-corrected chi connectivity index (χ3v) is 7.36. The lowest BCUT2D eigenvalue weighted by molar-refractivity contribution is -0.137. The Morgan fingerprint density at radius 2 is 1.93 bits per heavy atom. The van der Waals surface area contributed by atoms with Gasteiger partial charge in [-0.05, 0) is 42.6 Å². The fourth-order valence-corrected chi connectivity index (χ4v) is 4.72. The molecule has 1 heterocycles. The summed E-state index contributed by atoms with van der Waals surface area (Å²) < 4.78 is 31.7. The summed E-state index contributed by atoms with van der Waals surface area (Å²) >= 11 is 0. The molecule has 2 aromatic carbocycles. The third kappa shape index (κ3) is 4.69. The Bertz CT molecular complexity index is 954. The molecule has 1 aliphatic heterocycles. The zero-order chi connectivity index (χ0) is 21.0. The first-order chi connectivity index (χ1) is 13.8. The zero-order valence-corrected chi connectivity index (χ0v) is 17.6. The van der Waals surface area contributed by atoms with E-state index in [2.05, 4.69) is 5.32 Å². The smallest absolute Gasteiger partial charge is 0.328 e. The molecule has 0 bridgehead atoms. The molecule has 0 saturated carbocycles. The van der Waals surface area contributed by atoms with Crippen LogP contribution in [0.5, 0.6) is 5.75 Å². The largest absolute Gasteiger partial charge is 0.425 e. The minimum Gasteiger partial charge on any atom is -0.425 e. The lowest BCUT2D eigenvalue weighted by Crippen LogP contribution is -2.39. The van der Waals surface area contributed by atoms with E-state index in [1.165, 1.54) is 6.07 Å². The van der Waals surface area contributed by atoms with E-state index in [0.717, 1.165) is 31.5 Å². The lowest BCUT2D eigenvalue weighted by Gasteiger charge is -2.20. The molecule has 156 valence electrons. The summed E-state index contributed by atoms with van der Waals surface area (Å²) in [5.74, 6) is -0.137. The van der Waals surface area contributed by atoms with Gasteiger partial charge in [-0.1, -0.05) is 44.5 Å². The van der Waals surface area contributed by atoms with E-state index in [1.807, 2.05) is 13.8 Å². The van der Waals surface area contributed by atoms with Crippen molar-refractivity contribution in [3.8, 4) is 5.75 Å². The molecule has 0 aromatic heterocycles. The molecular weight excluding hydrogens is 388 g/mol. The molecule has 3 N–H and O–H groups in total. The van der Waals surface area contributed by atoms with Crippen molar-refractivity contribution in [2.45, 2.75) is 48.4 Å². The molecule has 0 spiro atoms. The first-order valence-corrected chi connectivity index (χ1v) is 11.4. The third-order valence-electron chi connectivity index (χ3n) is 5.59. The van der Waals surface area contributed by atoms with Crippen molar-refractivity contribution in [2.75, 3.05) is 13.1 Å². The number of ether oxygens (including phenoxy) is 1. The van der Waals surface area contributed by atoms with Gasteiger partial charge in [0.2, 0.25) is 9.84 Å². The highest BCUT2D eigenvalue weighted by molar-refractivity contribution is 7.91. The van der Waals surface area contributed by atoms with Gasteiger partial charge in [0, 0.05) is 18.5 Å². The average Bonchev–Trinajstić information content (AvgIpc) is 3.27. The summed E-state index contributed by atoms with van der Waals surface area (Å²) in [6.07, 6.45) is 1.64. The van der Waals surface area contributed by atoms with E-state index in [-0.39, 0.29) is 27.4 Å². The first-order valence-electron chi connectivity index (χ1n) is 9.96. The summed E-state index contributed by atoms with van der Waals surface area (Å²) in [5.41, 5.74) is 6.86. The molecule has 1 aliphatic rings. The number of rotatable bonds is 7. The van der Waals surface area contributed by atoms with Crippen LogP contribution >= 0.6 is 0 Å². The van der Waals surface area contributed by atoms with Crippen LogP contribution < -0.4 is 15.8 Å². The predicted molar refractivity (Wildman–Crippen MR) is 112 cm³/mol. The van der Waals surface area contributed by atoms with Crippen molar-refractivity contribution in [3.05, 3.63) is 54.1 Å². The Hall–Kier alpha value is -2.22. The number of carbonyl (C=O) groups excluding carboxylic acids is 1. The van der Waals surface area contributed by atoms with Gasteiger partial charge in [0.15, 0.2) is 0 Å². The van der Waals surface area contributed by atoms with Crippen LogP contribution in [0.1, 0.15) is 38.2 Å². The number of sulfone groups is 1. The fraction of sp³-hybridized carbons (Fsp3) is 0.409. The minimum atomic E-state index is -3.72. The fourth-order valence-electron chi connectivity index (χ4n) is 3.43. The predicted octanol–water partition coefficient (Wildman–Crippen LogP) is 2.88. The molecule has 29 heavy (non-hydrogen) atoms. The zero-order valence-electron chi connectivity index (χ0n) is 16.8. The number of benzene rings is 2. The summed E-state index contributed by atoms with van der Waals surface area (Å²) in [5, 5.41) is 3.29. The van der Waals surface area contributed by atoms with Crippen LogP contribution in [0.3, 0.4) is 0 Å². The van der Waals surface area contributed by atoms with E-state index in [9.17, 15) is 13.2 Å². The topological polar surface area (TPSA) is 98.5 Å². The molecule has 3 rings (SSSR count). The maximum atomic E-state index is 13.0. The molecule has 7 heteroatoms. The summed E-state index contributed by atoms with van der Waals surface area (Å²) in [6, 6.07) is 12.3. The van der Waals surface area contributed by atoms with Gasteiger partial charge in [-0.2, -0.15) is 0 Å². The van der Waals surface area contributed by atoms with Crippen LogP contribution in [0, 0.1) is 5.92 Å². The minimum absolute atomic E-state index is 0.0321.